The minimum absolute atomic E-state index is 0.165. The number of carboxylic acid groups (broad SMARTS) is 2. The molecule has 0 saturated heterocycles. The molecule has 2 heterocycles. The molecular weight excluding hydrogens is 272 g/mol. The van der Waals surface area contributed by atoms with Crippen molar-refractivity contribution in [1.82, 2.24) is 14.9 Å². The van der Waals surface area contributed by atoms with Gasteiger partial charge in [-0.25, -0.2) is 14.7 Å². The third kappa shape index (κ3) is 1.82. The second-order valence-electron chi connectivity index (χ2n) is 4.20. The Kier molecular flexibility index (Phi) is 3.02. The van der Waals surface area contributed by atoms with Crippen LogP contribution >= 0.6 is 0 Å². The summed E-state index contributed by atoms with van der Waals surface area (Å²) in [6, 6.07) is 0. The number of nitrogens with one attached hydrogen (secondary N) is 1. The van der Waals surface area contributed by atoms with Crippen LogP contribution in [0.15, 0.2) is 6.33 Å². The van der Waals surface area contributed by atoms with E-state index < -0.39 is 42.3 Å². The minimum Gasteiger partial charge on any atom is -0.481 e. The van der Waals surface area contributed by atoms with Crippen molar-refractivity contribution in [3.05, 3.63) is 17.7 Å². The molecule has 5 N–H and O–H groups in total. The van der Waals surface area contributed by atoms with E-state index in [4.69, 9.17) is 15.9 Å². The molecule has 106 valence electrons. The van der Waals surface area contributed by atoms with Crippen molar-refractivity contribution in [2.75, 3.05) is 0 Å². The molecule has 10 nitrogen and oxygen atoms in total. The van der Waals surface area contributed by atoms with Crippen molar-refractivity contribution >= 4 is 23.8 Å². The molecule has 1 aliphatic heterocycles. The Morgan fingerprint density at radius 2 is 2.00 bits per heavy atom. The predicted octanol–water partition coefficient (Wildman–Crippen LogP) is -1.39. The highest BCUT2D eigenvalue weighted by molar-refractivity contribution is 6.21. The zero-order chi connectivity index (χ0) is 15.1. The van der Waals surface area contributed by atoms with E-state index in [9.17, 15) is 19.2 Å². The molecular formula is C10H10N4O6. The number of carbonyl (C=O) groups excluding carboxylic acids is 2. The van der Waals surface area contributed by atoms with E-state index in [2.05, 4.69) is 9.97 Å². The number of rotatable bonds is 5. The van der Waals surface area contributed by atoms with E-state index >= 15 is 0 Å². The molecule has 0 bridgehead atoms. The first-order valence-corrected chi connectivity index (χ1v) is 5.45. The molecule has 20 heavy (non-hydrogen) atoms. The highest BCUT2D eigenvalue weighted by atomic mass is 16.4. The molecule has 2 amide bonds. The molecule has 0 aliphatic carbocycles. The molecule has 1 aromatic heterocycles. The van der Waals surface area contributed by atoms with Gasteiger partial charge in [-0.1, -0.05) is 0 Å². The van der Waals surface area contributed by atoms with Gasteiger partial charge >= 0.3 is 11.9 Å². The molecule has 0 fully saturated rings. The number of amides is 2. The number of H-pyrrole nitrogens is 1. The smallest absolute Gasteiger partial charge is 0.345 e. The summed E-state index contributed by atoms with van der Waals surface area (Å²) >= 11 is 0. The number of fused-ring (bicyclic) bond motifs is 1. The third-order valence-corrected chi connectivity index (χ3v) is 2.95. The van der Waals surface area contributed by atoms with Crippen LogP contribution in [0.25, 0.3) is 0 Å². The fraction of sp³-hybridized carbons (Fsp3) is 0.300. The minimum atomic E-state index is -2.44. The summed E-state index contributed by atoms with van der Waals surface area (Å²) in [7, 11) is 0. The largest absolute Gasteiger partial charge is 0.481 e. The zero-order valence-corrected chi connectivity index (χ0v) is 9.99. The van der Waals surface area contributed by atoms with Crippen LogP contribution in [-0.4, -0.2) is 54.5 Å². The first-order valence-electron chi connectivity index (χ1n) is 5.45. The van der Waals surface area contributed by atoms with Gasteiger partial charge in [0, 0.05) is 12.8 Å². The average molecular weight is 282 g/mol. The van der Waals surface area contributed by atoms with Gasteiger partial charge in [0.2, 0.25) is 0 Å². The molecule has 2 rings (SSSR count). The van der Waals surface area contributed by atoms with Crippen LogP contribution in [0.1, 0.15) is 33.8 Å². The molecule has 10 heteroatoms. The van der Waals surface area contributed by atoms with Gasteiger partial charge in [-0.15, -0.1) is 0 Å². The molecule has 1 atom stereocenters. The predicted molar refractivity (Wildman–Crippen MR) is 60.5 cm³/mol. The molecule has 1 aliphatic rings. The van der Waals surface area contributed by atoms with Crippen LogP contribution in [-0.2, 0) is 9.59 Å². The maximum atomic E-state index is 12.0. The summed E-state index contributed by atoms with van der Waals surface area (Å²) in [5.41, 5.74) is 2.76. The number of imidazole rings is 1. The molecule has 0 unspecified atom stereocenters. The number of imide groups is 1. The second-order valence-corrected chi connectivity index (χ2v) is 4.20. The number of aromatic amines is 1. The Bertz CT molecular complexity index is 593. The Hall–Kier alpha value is -2.75. The van der Waals surface area contributed by atoms with Gasteiger partial charge in [0.15, 0.2) is 11.4 Å². The number of aliphatic carboxylic acids is 2. The van der Waals surface area contributed by atoms with Crippen LogP contribution in [0, 0.1) is 0 Å². The summed E-state index contributed by atoms with van der Waals surface area (Å²) in [6.45, 7) is 0. The van der Waals surface area contributed by atoms with Crippen LogP contribution < -0.4 is 5.73 Å². The molecule has 0 spiro atoms. The fourth-order valence-electron chi connectivity index (χ4n) is 1.90. The number of carbonyl (C=O) groups is 4. The van der Waals surface area contributed by atoms with Gasteiger partial charge in [-0.05, 0) is 0 Å². The Morgan fingerprint density at radius 1 is 1.35 bits per heavy atom. The van der Waals surface area contributed by atoms with Gasteiger partial charge in [-0.2, -0.15) is 0 Å². The third-order valence-electron chi connectivity index (χ3n) is 2.95. The van der Waals surface area contributed by atoms with Crippen LogP contribution in [0.4, 0.5) is 0 Å². The van der Waals surface area contributed by atoms with Crippen LogP contribution in [0.2, 0.25) is 0 Å². The monoisotopic (exact) mass is 282 g/mol. The second kappa shape index (κ2) is 4.42. The quantitative estimate of drug-likeness (QED) is 0.479. The highest BCUT2D eigenvalue weighted by Crippen LogP contribution is 2.27. The van der Waals surface area contributed by atoms with Crippen LogP contribution in [0.5, 0.6) is 0 Å². The lowest BCUT2D eigenvalue weighted by molar-refractivity contribution is -0.149. The van der Waals surface area contributed by atoms with Crippen molar-refractivity contribution in [3.8, 4) is 0 Å². The summed E-state index contributed by atoms with van der Waals surface area (Å²) < 4.78 is 0. The standard InChI is InChI=1S/C10H10N4O6/c11-10(9(19)20,2-1-4(15)16)14-7(17)5-6(8(14)18)13-3-12-5/h3H,1-2,11H2,(H,12,13)(H,15,16)(H,19,20)/t10-/m1/s1. The number of nitrogens with two attached hydrogens (primary N) is 1. The topological polar surface area (TPSA) is 167 Å². The van der Waals surface area contributed by atoms with Crippen molar-refractivity contribution < 1.29 is 29.4 Å². The SMILES string of the molecule is N[C@@](CCC(=O)O)(C(=O)O)N1C(=O)c2nc[nH]c2C1=O. The van der Waals surface area contributed by atoms with Gasteiger partial charge in [0.25, 0.3) is 11.8 Å². The van der Waals surface area contributed by atoms with Crippen LogP contribution in [0.3, 0.4) is 0 Å². The molecule has 0 aromatic carbocycles. The van der Waals surface area contributed by atoms with Gasteiger partial charge in [-0.3, -0.25) is 20.1 Å². The number of carboxylic acids is 2. The Morgan fingerprint density at radius 3 is 2.50 bits per heavy atom. The molecule has 0 saturated carbocycles. The van der Waals surface area contributed by atoms with Gasteiger partial charge < -0.3 is 15.2 Å². The number of aromatic nitrogens is 2. The highest BCUT2D eigenvalue weighted by Gasteiger charge is 2.53. The first-order chi connectivity index (χ1) is 9.29. The van der Waals surface area contributed by atoms with E-state index in [-0.39, 0.29) is 11.4 Å². The number of hydrogen-bond donors (Lipinski definition) is 4. The summed E-state index contributed by atoms with van der Waals surface area (Å²) in [5, 5.41) is 17.8. The zero-order valence-electron chi connectivity index (χ0n) is 9.99. The van der Waals surface area contributed by atoms with Gasteiger partial charge in [0.05, 0.1) is 6.33 Å². The molecule has 1 aromatic rings. The normalized spacial score (nSPS) is 16.9. The van der Waals surface area contributed by atoms with Crippen molar-refractivity contribution in [2.45, 2.75) is 18.5 Å². The van der Waals surface area contributed by atoms with E-state index in [0.29, 0.717) is 4.90 Å². The maximum Gasteiger partial charge on any atom is 0.345 e. The number of nitrogens with zero attached hydrogens (tertiary/aromatic N) is 2. The lowest BCUT2D eigenvalue weighted by Crippen LogP contribution is -2.63. The molecule has 0 radical (unpaired) electrons. The van der Waals surface area contributed by atoms with E-state index in [1.165, 1.54) is 0 Å². The summed E-state index contributed by atoms with van der Waals surface area (Å²) in [4.78, 5) is 52.2. The average Bonchev–Trinajstić information content (AvgIpc) is 2.92. The summed E-state index contributed by atoms with van der Waals surface area (Å²) in [5.74, 6) is -4.89. The lowest BCUT2D eigenvalue weighted by atomic mass is 10.0. The van der Waals surface area contributed by atoms with E-state index in [0.717, 1.165) is 6.33 Å². The fourth-order valence-corrected chi connectivity index (χ4v) is 1.90. The van der Waals surface area contributed by atoms with Crippen molar-refractivity contribution in [3.63, 3.8) is 0 Å². The van der Waals surface area contributed by atoms with Crippen molar-refractivity contribution in [1.29, 1.82) is 0 Å². The first kappa shape index (κ1) is 13.7. The van der Waals surface area contributed by atoms with Crippen molar-refractivity contribution in [2.24, 2.45) is 5.73 Å². The Labute approximate surface area is 111 Å². The van der Waals surface area contributed by atoms with E-state index in [1.807, 2.05) is 0 Å². The van der Waals surface area contributed by atoms with Gasteiger partial charge in [0.1, 0.15) is 5.69 Å². The number of hydrogen-bond acceptors (Lipinski definition) is 6. The Balaban J connectivity index is 2.39. The lowest BCUT2D eigenvalue weighted by Gasteiger charge is -2.32. The van der Waals surface area contributed by atoms with E-state index in [1.54, 1.807) is 0 Å². The summed E-state index contributed by atoms with van der Waals surface area (Å²) in [6.07, 6.45) is -0.103. The maximum absolute atomic E-state index is 12.0.